The summed E-state index contributed by atoms with van der Waals surface area (Å²) in [5.74, 6) is 0.574. The van der Waals surface area contributed by atoms with Crippen LogP contribution in [0.15, 0.2) is 28.8 Å². The molecule has 1 heterocycles. The molecule has 162 valence electrons. The highest BCUT2D eigenvalue weighted by molar-refractivity contribution is 8.16. The van der Waals surface area contributed by atoms with E-state index in [1.807, 2.05) is 12.3 Å². The van der Waals surface area contributed by atoms with E-state index >= 15 is 0 Å². The minimum Gasteiger partial charge on any atom is -0.339 e. The number of aliphatic imine (C=N–C) groups is 1. The van der Waals surface area contributed by atoms with Crippen LogP contribution in [0.4, 0.5) is 5.13 Å². The second kappa shape index (κ2) is 15.2. The average molecular weight is 438 g/mol. The van der Waals surface area contributed by atoms with Crippen LogP contribution >= 0.6 is 23.1 Å². The monoisotopic (exact) mass is 437 g/mol. The van der Waals surface area contributed by atoms with Crippen molar-refractivity contribution in [3.63, 3.8) is 0 Å². The molecule has 1 aromatic heterocycles. The van der Waals surface area contributed by atoms with Crippen LogP contribution in [0.5, 0.6) is 0 Å². The van der Waals surface area contributed by atoms with Gasteiger partial charge < -0.3 is 10.6 Å². The molecule has 0 spiro atoms. The Balaban J connectivity index is 0.000000298. The van der Waals surface area contributed by atoms with Gasteiger partial charge in [0.1, 0.15) is 5.01 Å². The lowest BCUT2D eigenvalue weighted by Crippen LogP contribution is -2.17. The molecule has 1 amide bonds. The number of anilines is 1. The number of hydrogen-bond donors (Lipinski definition) is 2. The largest absolute Gasteiger partial charge is 0.339 e. The first kappa shape index (κ1) is 25.4. The first-order chi connectivity index (χ1) is 14.0. The van der Waals surface area contributed by atoms with E-state index in [0.717, 1.165) is 28.7 Å². The molecule has 0 atom stereocenters. The van der Waals surface area contributed by atoms with Crippen molar-refractivity contribution in [1.82, 2.24) is 15.5 Å². The van der Waals surface area contributed by atoms with E-state index in [2.05, 4.69) is 52.3 Å². The van der Waals surface area contributed by atoms with Crippen molar-refractivity contribution in [2.75, 3.05) is 12.4 Å². The number of carbonyl (C=O) groups is 1. The third-order valence-corrected chi connectivity index (χ3v) is 6.23. The Morgan fingerprint density at radius 1 is 1.24 bits per heavy atom. The van der Waals surface area contributed by atoms with Gasteiger partial charge in [-0.25, -0.2) is 0 Å². The molecule has 2 rings (SSSR count). The van der Waals surface area contributed by atoms with E-state index in [1.165, 1.54) is 43.4 Å². The van der Waals surface area contributed by atoms with Crippen molar-refractivity contribution in [2.45, 2.75) is 78.1 Å². The minimum absolute atomic E-state index is 0.00587. The third kappa shape index (κ3) is 10.6. The van der Waals surface area contributed by atoms with Gasteiger partial charge in [0.05, 0.1) is 0 Å². The Labute approximate surface area is 183 Å². The van der Waals surface area contributed by atoms with E-state index in [1.54, 1.807) is 18.8 Å². The van der Waals surface area contributed by atoms with Gasteiger partial charge in [0.2, 0.25) is 11.0 Å². The van der Waals surface area contributed by atoms with Gasteiger partial charge in [-0.2, -0.15) is 0 Å². The molecule has 0 radical (unpaired) electrons. The van der Waals surface area contributed by atoms with Crippen molar-refractivity contribution in [3.8, 4) is 0 Å². The van der Waals surface area contributed by atoms with Crippen LogP contribution < -0.4 is 10.6 Å². The summed E-state index contributed by atoms with van der Waals surface area (Å²) in [5, 5.41) is 18.8. The van der Waals surface area contributed by atoms with Gasteiger partial charge in [-0.3, -0.25) is 9.79 Å². The van der Waals surface area contributed by atoms with Crippen LogP contribution in [-0.2, 0) is 4.79 Å². The molecular formula is C21H35N5OS2. The highest BCUT2D eigenvalue weighted by Crippen LogP contribution is 2.35. The molecule has 0 bridgehead atoms. The van der Waals surface area contributed by atoms with Gasteiger partial charge in [0.25, 0.3) is 0 Å². The molecule has 0 saturated heterocycles. The zero-order valence-electron chi connectivity index (χ0n) is 18.2. The Bertz CT molecular complexity index is 678. The van der Waals surface area contributed by atoms with Gasteiger partial charge in [-0.05, 0) is 31.1 Å². The highest BCUT2D eigenvalue weighted by atomic mass is 32.2. The van der Waals surface area contributed by atoms with Crippen LogP contribution in [0.2, 0.25) is 0 Å². The molecular weight excluding hydrogens is 402 g/mol. The number of allylic oxidation sites excluding steroid dienone is 2. The first-order valence-corrected chi connectivity index (χ1v) is 12.1. The molecule has 1 fully saturated rings. The van der Waals surface area contributed by atoms with Crippen molar-refractivity contribution in [2.24, 2.45) is 4.99 Å². The summed E-state index contributed by atoms with van der Waals surface area (Å²) in [6, 6.07) is 0. The number of amidine groups is 1. The summed E-state index contributed by atoms with van der Waals surface area (Å²) < 4.78 is 0. The van der Waals surface area contributed by atoms with E-state index in [9.17, 15) is 4.79 Å². The first-order valence-electron chi connectivity index (χ1n) is 10.4. The fraction of sp³-hybridized carbons (Fsp3) is 0.619. The van der Waals surface area contributed by atoms with E-state index < -0.39 is 0 Å². The normalized spacial score (nSPS) is 15.0. The summed E-state index contributed by atoms with van der Waals surface area (Å²) >= 11 is 3.12. The summed E-state index contributed by atoms with van der Waals surface area (Å²) in [6.07, 6.45) is 10.9. The van der Waals surface area contributed by atoms with Crippen LogP contribution in [0.3, 0.4) is 0 Å². The summed E-state index contributed by atoms with van der Waals surface area (Å²) in [7, 11) is 1.78. The number of nitrogens with one attached hydrogen (secondary N) is 2. The van der Waals surface area contributed by atoms with Gasteiger partial charge >= 0.3 is 0 Å². The molecule has 1 aromatic rings. The Morgan fingerprint density at radius 2 is 1.97 bits per heavy atom. The fourth-order valence-corrected chi connectivity index (χ4v) is 4.25. The maximum atomic E-state index is 11.2. The summed E-state index contributed by atoms with van der Waals surface area (Å²) in [5.41, 5.74) is 0.998. The third-order valence-electron chi connectivity index (χ3n) is 4.39. The quantitative estimate of drug-likeness (QED) is 0.399. The number of amides is 1. The number of nitrogens with zero attached hydrogens (tertiary/aromatic N) is 3. The molecule has 0 aromatic carbocycles. The lowest BCUT2D eigenvalue weighted by atomic mass is 9.90. The van der Waals surface area contributed by atoms with Crippen LogP contribution in [0.25, 0.3) is 0 Å². The van der Waals surface area contributed by atoms with Gasteiger partial charge in [0.15, 0.2) is 5.17 Å². The Kier molecular flexibility index (Phi) is 13.3. The van der Waals surface area contributed by atoms with E-state index in [4.69, 9.17) is 0 Å². The zero-order valence-corrected chi connectivity index (χ0v) is 19.8. The van der Waals surface area contributed by atoms with Gasteiger partial charge in [-0.1, -0.05) is 75.8 Å². The molecule has 1 aliphatic carbocycles. The molecule has 0 aliphatic heterocycles. The molecule has 0 unspecified atom stereocenters. The smallest absolute Gasteiger partial charge is 0.225 e. The Hall–Kier alpha value is -1.67. The van der Waals surface area contributed by atoms with Gasteiger partial charge in [0, 0.05) is 25.1 Å². The number of aromatic nitrogens is 2. The molecule has 1 saturated carbocycles. The summed E-state index contributed by atoms with van der Waals surface area (Å²) in [6.45, 7) is 9.87. The summed E-state index contributed by atoms with van der Waals surface area (Å²) in [4.78, 5) is 15.3. The van der Waals surface area contributed by atoms with E-state index in [-0.39, 0.29) is 5.91 Å². The van der Waals surface area contributed by atoms with Gasteiger partial charge in [-0.15, -0.1) is 10.2 Å². The van der Waals surface area contributed by atoms with Crippen molar-refractivity contribution >= 4 is 39.3 Å². The molecule has 6 nitrogen and oxygen atoms in total. The predicted molar refractivity (Wildman–Crippen MR) is 128 cm³/mol. The number of rotatable bonds is 7. The van der Waals surface area contributed by atoms with E-state index in [0.29, 0.717) is 17.5 Å². The van der Waals surface area contributed by atoms with Crippen molar-refractivity contribution in [1.29, 1.82) is 0 Å². The predicted octanol–water partition coefficient (Wildman–Crippen LogP) is 6.08. The average Bonchev–Trinajstić information content (AvgIpc) is 3.22. The van der Waals surface area contributed by atoms with Crippen molar-refractivity contribution in [3.05, 3.63) is 28.8 Å². The topological polar surface area (TPSA) is 79.3 Å². The molecule has 2 N–H and O–H groups in total. The fourth-order valence-electron chi connectivity index (χ4n) is 2.59. The second-order valence-corrected chi connectivity index (χ2v) is 8.59. The lowest BCUT2D eigenvalue weighted by Gasteiger charge is -2.18. The number of thioether (sulfide) groups is 1. The standard InChI is InChI=1S/C11H17N3OS.C10H18N2S/c1-2-9(15)12-11-14-13-10(16-11)8-6-4-3-5-7-8;1-5-7-8-13-10(11-4)12-9(3)6-2/h8H,2-7H2,1H3,(H,12,14,15);7-8H,3,5-6H2,1-2,4H3,(H,11,12)/b;8-7+. The SMILES string of the molecule is C=C(CC)NC(=NC)S/C=C/CC.CCC(=O)Nc1nnc(C2CCCCC2)s1. The minimum atomic E-state index is 0.00587. The van der Waals surface area contributed by atoms with Crippen LogP contribution in [0.1, 0.15) is 83.1 Å². The molecule has 29 heavy (non-hydrogen) atoms. The van der Waals surface area contributed by atoms with Crippen molar-refractivity contribution < 1.29 is 4.79 Å². The highest BCUT2D eigenvalue weighted by Gasteiger charge is 2.19. The lowest BCUT2D eigenvalue weighted by molar-refractivity contribution is -0.115. The second-order valence-electron chi connectivity index (χ2n) is 6.69. The Morgan fingerprint density at radius 3 is 2.55 bits per heavy atom. The maximum Gasteiger partial charge on any atom is 0.225 e. The maximum absolute atomic E-state index is 11.2. The number of hydrogen-bond acceptors (Lipinski definition) is 6. The molecule has 8 heteroatoms. The van der Waals surface area contributed by atoms with Crippen LogP contribution in [0, 0.1) is 0 Å². The molecule has 1 aliphatic rings. The number of carbonyl (C=O) groups excluding carboxylic acids is 1. The van der Waals surface area contributed by atoms with Crippen LogP contribution in [-0.4, -0.2) is 28.3 Å². The zero-order chi connectivity index (χ0) is 21.5.